The maximum absolute atomic E-state index is 11.0. The largest absolute Gasteiger partial charge is 0.306 e. The molecule has 11 heavy (non-hydrogen) atoms. The van der Waals surface area contributed by atoms with Crippen LogP contribution in [0.15, 0.2) is 10.6 Å². The van der Waals surface area contributed by atoms with Gasteiger partial charge in [-0.1, -0.05) is 0 Å². The summed E-state index contributed by atoms with van der Waals surface area (Å²) in [5.74, 6) is 1.20. The van der Waals surface area contributed by atoms with E-state index in [-0.39, 0.29) is 5.91 Å². The molecular formula is C8H13NOS. The van der Waals surface area contributed by atoms with Gasteiger partial charge in [-0.3, -0.25) is 4.79 Å². The first-order chi connectivity index (χ1) is 5.13. The fourth-order valence-corrected chi connectivity index (χ4v) is 2.26. The molecule has 0 atom stereocenters. The lowest BCUT2D eigenvalue weighted by molar-refractivity contribution is -0.126. The Hall–Kier alpha value is -0.440. The summed E-state index contributed by atoms with van der Waals surface area (Å²) in [4.78, 5) is 12.9. The lowest BCUT2D eigenvalue weighted by atomic mass is 10.3. The zero-order chi connectivity index (χ0) is 8.43. The molecule has 0 aromatic heterocycles. The molecule has 3 heteroatoms. The average Bonchev–Trinajstić information content (AvgIpc) is 2.32. The molecule has 1 fully saturated rings. The molecule has 1 aliphatic rings. The Morgan fingerprint density at radius 3 is 2.45 bits per heavy atom. The summed E-state index contributed by atoms with van der Waals surface area (Å²) in [5, 5.41) is 1.15. The van der Waals surface area contributed by atoms with Crippen LogP contribution in [0, 0.1) is 0 Å². The van der Waals surface area contributed by atoms with Crippen LogP contribution in [0.3, 0.4) is 0 Å². The van der Waals surface area contributed by atoms with E-state index in [0.29, 0.717) is 0 Å². The van der Waals surface area contributed by atoms with Crippen LogP contribution in [0.1, 0.15) is 20.8 Å². The minimum Gasteiger partial charge on any atom is -0.306 e. The summed E-state index contributed by atoms with van der Waals surface area (Å²) < 4.78 is 0. The maximum Gasteiger partial charge on any atom is 0.224 e. The Kier molecular flexibility index (Phi) is 2.60. The molecule has 1 rings (SSSR count). The number of nitrogens with zero attached hydrogens (tertiary/aromatic N) is 1. The van der Waals surface area contributed by atoms with E-state index in [4.69, 9.17) is 0 Å². The van der Waals surface area contributed by atoms with Crippen LogP contribution in [-0.4, -0.2) is 23.1 Å². The highest BCUT2D eigenvalue weighted by atomic mass is 32.2. The Bertz CT molecular complexity index is 206. The number of allylic oxidation sites excluding steroid dienone is 1. The van der Waals surface area contributed by atoms with Gasteiger partial charge in [-0.25, -0.2) is 0 Å². The van der Waals surface area contributed by atoms with Crippen molar-refractivity contribution in [3.63, 3.8) is 0 Å². The highest BCUT2D eigenvalue weighted by Gasteiger charge is 2.21. The van der Waals surface area contributed by atoms with Gasteiger partial charge in [0.1, 0.15) is 0 Å². The summed E-state index contributed by atoms with van der Waals surface area (Å²) in [7, 11) is 0. The third-order valence-corrected chi connectivity index (χ3v) is 2.90. The fraction of sp³-hybridized carbons (Fsp3) is 0.625. The van der Waals surface area contributed by atoms with Crippen molar-refractivity contribution in [3.8, 4) is 0 Å². The SMILES string of the molecule is CC(=O)N1CCSC1=C(C)C. The minimum atomic E-state index is 0.159. The molecule has 0 aromatic carbocycles. The van der Waals surface area contributed by atoms with Gasteiger partial charge in [0, 0.05) is 19.2 Å². The van der Waals surface area contributed by atoms with E-state index >= 15 is 0 Å². The molecular weight excluding hydrogens is 158 g/mol. The molecule has 0 aliphatic carbocycles. The Balaban J connectivity index is 2.82. The normalized spacial score (nSPS) is 17.4. The third-order valence-electron chi connectivity index (χ3n) is 1.61. The minimum absolute atomic E-state index is 0.159. The van der Waals surface area contributed by atoms with E-state index in [2.05, 4.69) is 0 Å². The van der Waals surface area contributed by atoms with Crippen LogP contribution >= 0.6 is 11.8 Å². The molecule has 0 unspecified atom stereocenters. The molecule has 1 aliphatic heterocycles. The maximum atomic E-state index is 11.0. The van der Waals surface area contributed by atoms with E-state index in [1.165, 1.54) is 5.57 Å². The number of thioether (sulfide) groups is 1. The molecule has 62 valence electrons. The summed E-state index contributed by atoms with van der Waals surface area (Å²) in [6, 6.07) is 0. The summed E-state index contributed by atoms with van der Waals surface area (Å²) >= 11 is 1.77. The van der Waals surface area contributed by atoms with E-state index in [1.807, 2.05) is 18.7 Å². The van der Waals surface area contributed by atoms with Crippen molar-refractivity contribution in [2.45, 2.75) is 20.8 Å². The van der Waals surface area contributed by atoms with E-state index in [9.17, 15) is 4.79 Å². The highest BCUT2D eigenvalue weighted by Crippen LogP contribution is 2.30. The Labute approximate surface area is 71.6 Å². The Morgan fingerprint density at radius 2 is 2.09 bits per heavy atom. The van der Waals surface area contributed by atoms with E-state index in [1.54, 1.807) is 18.7 Å². The number of amides is 1. The van der Waals surface area contributed by atoms with Gasteiger partial charge in [0.15, 0.2) is 0 Å². The predicted molar refractivity (Wildman–Crippen MR) is 48.2 cm³/mol. The van der Waals surface area contributed by atoms with Crippen LogP contribution < -0.4 is 0 Å². The molecule has 1 heterocycles. The number of carbonyl (C=O) groups excluding carboxylic acids is 1. The van der Waals surface area contributed by atoms with Crippen LogP contribution in [0.25, 0.3) is 0 Å². The summed E-state index contributed by atoms with van der Waals surface area (Å²) in [6.07, 6.45) is 0. The fourth-order valence-electron chi connectivity index (χ4n) is 1.13. The molecule has 0 spiro atoms. The summed E-state index contributed by atoms with van der Waals surface area (Å²) in [6.45, 7) is 6.59. The van der Waals surface area contributed by atoms with Crippen LogP contribution in [-0.2, 0) is 4.79 Å². The van der Waals surface area contributed by atoms with Crippen molar-refractivity contribution in [2.24, 2.45) is 0 Å². The first kappa shape index (κ1) is 8.65. The lowest BCUT2D eigenvalue weighted by Gasteiger charge is -2.15. The van der Waals surface area contributed by atoms with Crippen molar-refractivity contribution in [3.05, 3.63) is 10.6 Å². The first-order valence-electron chi connectivity index (χ1n) is 3.71. The van der Waals surface area contributed by atoms with Crippen LogP contribution in [0.4, 0.5) is 0 Å². The Morgan fingerprint density at radius 1 is 1.45 bits per heavy atom. The molecule has 1 amide bonds. The van der Waals surface area contributed by atoms with Crippen molar-refractivity contribution >= 4 is 17.7 Å². The quantitative estimate of drug-likeness (QED) is 0.554. The standard InChI is InChI=1S/C8H13NOS/c1-6(2)8-9(7(3)10)4-5-11-8/h4-5H2,1-3H3. The van der Waals surface area contributed by atoms with Crippen molar-refractivity contribution < 1.29 is 4.79 Å². The monoisotopic (exact) mass is 171 g/mol. The van der Waals surface area contributed by atoms with Gasteiger partial charge >= 0.3 is 0 Å². The molecule has 2 nitrogen and oxygen atoms in total. The van der Waals surface area contributed by atoms with Gasteiger partial charge in [-0.15, -0.1) is 11.8 Å². The topological polar surface area (TPSA) is 20.3 Å². The van der Waals surface area contributed by atoms with Gasteiger partial charge in [-0.2, -0.15) is 0 Å². The highest BCUT2D eigenvalue weighted by molar-refractivity contribution is 8.03. The molecule has 1 saturated heterocycles. The van der Waals surface area contributed by atoms with E-state index < -0.39 is 0 Å². The van der Waals surface area contributed by atoms with Crippen molar-refractivity contribution in [1.82, 2.24) is 4.90 Å². The number of hydrogen-bond donors (Lipinski definition) is 0. The van der Waals surface area contributed by atoms with Gasteiger partial charge in [0.25, 0.3) is 0 Å². The van der Waals surface area contributed by atoms with Gasteiger partial charge in [0.2, 0.25) is 5.91 Å². The molecule has 0 saturated carbocycles. The average molecular weight is 171 g/mol. The van der Waals surface area contributed by atoms with Crippen LogP contribution in [0.5, 0.6) is 0 Å². The zero-order valence-corrected chi connectivity index (χ0v) is 7.99. The number of hydrogen-bond acceptors (Lipinski definition) is 2. The number of carbonyl (C=O) groups is 1. The molecule has 0 radical (unpaired) electrons. The van der Waals surface area contributed by atoms with Crippen molar-refractivity contribution in [1.29, 1.82) is 0 Å². The lowest BCUT2D eigenvalue weighted by Crippen LogP contribution is -2.24. The van der Waals surface area contributed by atoms with Gasteiger partial charge in [0.05, 0.1) is 5.03 Å². The second kappa shape index (κ2) is 3.30. The van der Waals surface area contributed by atoms with E-state index in [0.717, 1.165) is 17.3 Å². The van der Waals surface area contributed by atoms with Gasteiger partial charge < -0.3 is 4.90 Å². The molecule has 0 bridgehead atoms. The predicted octanol–water partition coefficient (Wildman–Crippen LogP) is 1.83. The van der Waals surface area contributed by atoms with Crippen LogP contribution in [0.2, 0.25) is 0 Å². The second-order valence-electron chi connectivity index (χ2n) is 2.82. The smallest absolute Gasteiger partial charge is 0.224 e. The number of rotatable bonds is 0. The first-order valence-corrected chi connectivity index (χ1v) is 4.70. The molecule has 0 N–H and O–H groups in total. The zero-order valence-electron chi connectivity index (χ0n) is 7.18. The third kappa shape index (κ3) is 1.77. The van der Waals surface area contributed by atoms with Gasteiger partial charge in [-0.05, 0) is 19.4 Å². The van der Waals surface area contributed by atoms with Crippen molar-refractivity contribution in [2.75, 3.05) is 12.3 Å². The summed E-state index contributed by atoms with van der Waals surface area (Å²) in [5.41, 5.74) is 1.24. The molecule has 0 aromatic rings. The second-order valence-corrected chi connectivity index (χ2v) is 3.91.